The summed E-state index contributed by atoms with van der Waals surface area (Å²) in [7, 11) is 0. The highest BCUT2D eigenvalue weighted by molar-refractivity contribution is 7.12. The number of carboxylic acid groups (broad SMARTS) is 1. The van der Waals surface area contributed by atoms with E-state index in [4.69, 9.17) is 4.74 Å². The van der Waals surface area contributed by atoms with Crippen molar-refractivity contribution in [2.75, 3.05) is 26.3 Å². The summed E-state index contributed by atoms with van der Waals surface area (Å²) in [5, 5.41) is 11.4. The highest BCUT2D eigenvalue weighted by Crippen LogP contribution is 2.42. The number of rotatable bonds is 2. The summed E-state index contributed by atoms with van der Waals surface area (Å²) in [6.07, 6.45) is 0.487. The molecule has 3 heterocycles. The lowest BCUT2D eigenvalue weighted by atomic mass is 9.74. The molecule has 1 aromatic heterocycles. The number of nitrogens with zero attached hydrogens (tertiary/aromatic N) is 1. The quantitative estimate of drug-likeness (QED) is 0.887. The molecule has 0 radical (unpaired) electrons. The van der Waals surface area contributed by atoms with Crippen LogP contribution in [0.1, 0.15) is 16.1 Å². The molecule has 0 aromatic carbocycles. The molecule has 1 amide bonds. The van der Waals surface area contributed by atoms with Gasteiger partial charge in [-0.25, -0.2) is 0 Å². The van der Waals surface area contributed by atoms with E-state index in [0.717, 1.165) is 0 Å². The number of aliphatic carboxylic acids is 1. The fourth-order valence-electron chi connectivity index (χ4n) is 3.01. The second-order valence-electron chi connectivity index (χ2n) is 5.15. The van der Waals surface area contributed by atoms with Gasteiger partial charge in [-0.15, -0.1) is 11.3 Å². The van der Waals surface area contributed by atoms with E-state index >= 15 is 0 Å². The zero-order valence-corrected chi connectivity index (χ0v) is 11.2. The van der Waals surface area contributed by atoms with E-state index in [9.17, 15) is 14.7 Å². The lowest BCUT2D eigenvalue weighted by Gasteiger charge is -2.33. The molecule has 0 spiro atoms. The van der Waals surface area contributed by atoms with Crippen molar-refractivity contribution < 1.29 is 19.4 Å². The second kappa shape index (κ2) is 4.61. The largest absolute Gasteiger partial charge is 0.481 e. The molecule has 0 aliphatic carbocycles. The summed E-state index contributed by atoms with van der Waals surface area (Å²) in [6.45, 7) is 1.67. The molecular weight excluding hydrogens is 266 g/mol. The minimum absolute atomic E-state index is 0.0648. The molecule has 6 heteroatoms. The first-order valence-corrected chi connectivity index (χ1v) is 7.15. The molecule has 5 nitrogen and oxygen atoms in total. The molecule has 2 saturated heterocycles. The van der Waals surface area contributed by atoms with Gasteiger partial charge in [0.15, 0.2) is 0 Å². The molecule has 2 atom stereocenters. The van der Waals surface area contributed by atoms with Gasteiger partial charge in [0.2, 0.25) is 0 Å². The van der Waals surface area contributed by atoms with Crippen LogP contribution in [-0.4, -0.2) is 48.2 Å². The lowest BCUT2D eigenvalue weighted by molar-refractivity contribution is -0.157. The van der Waals surface area contributed by atoms with Gasteiger partial charge >= 0.3 is 5.97 Å². The van der Waals surface area contributed by atoms with Crippen molar-refractivity contribution in [1.29, 1.82) is 0 Å². The summed E-state index contributed by atoms with van der Waals surface area (Å²) in [5.41, 5.74) is -0.814. The van der Waals surface area contributed by atoms with Gasteiger partial charge in [-0.1, -0.05) is 6.07 Å². The van der Waals surface area contributed by atoms with E-state index in [1.54, 1.807) is 11.0 Å². The molecule has 2 fully saturated rings. The first-order valence-electron chi connectivity index (χ1n) is 6.27. The highest BCUT2D eigenvalue weighted by Gasteiger charge is 2.54. The van der Waals surface area contributed by atoms with Gasteiger partial charge in [-0.2, -0.15) is 0 Å². The first kappa shape index (κ1) is 12.6. The van der Waals surface area contributed by atoms with Crippen molar-refractivity contribution in [2.45, 2.75) is 6.42 Å². The van der Waals surface area contributed by atoms with Crippen LogP contribution in [0.15, 0.2) is 17.5 Å². The molecule has 1 aromatic rings. The van der Waals surface area contributed by atoms with Crippen LogP contribution in [0.3, 0.4) is 0 Å². The number of fused-ring (bicyclic) bond motifs is 1. The molecule has 1 N–H and O–H groups in total. The molecule has 0 unspecified atom stereocenters. The van der Waals surface area contributed by atoms with Gasteiger partial charge in [0.1, 0.15) is 0 Å². The Morgan fingerprint density at radius 1 is 1.53 bits per heavy atom. The van der Waals surface area contributed by atoms with Gasteiger partial charge in [-0.05, 0) is 17.9 Å². The molecule has 102 valence electrons. The predicted octanol–water partition coefficient (Wildman–Crippen LogP) is 1.31. The Morgan fingerprint density at radius 2 is 2.37 bits per heavy atom. The number of hydrogen-bond donors (Lipinski definition) is 1. The standard InChI is InChI=1S/C13H15NO4S/c15-11(10-2-1-5-19-10)14-6-9-7-18-4-3-13(9,8-14)12(16)17/h1-2,5,9H,3-4,6-8H2,(H,16,17)/t9-,13+/m0/s1. The number of carboxylic acids is 1. The van der Waals surface area contributed by atoms with Crippen LogP contribution in [0.4, 0.5) is 0 Å². The van der Waals surface area contributed by atoms with Gasteiger partial charge in [0, 0.05) is 25.6 Å². The Balaban J connectivity index is 1.84. The lowest BCUT2D eigenvalue weighted by Crippen LogP contribution is -2.45. The van der Waals surface area contributed by atoms with E-state index < -0.39 is 11.4 Å². The van der Waals surface area contributed by atoms with Crippen molar-refractivity contribution in [3.05, 3.63) is 22.4 Å². The zero-order valence-electron chi connectivity index (χ0n) is 10.4. The van der Waals surface area contributed by atoms with E-state index in [1.807, 2.05) is 11.4 Å². The molecule has 0 saturated carbocycles. The average Bonchev–Trinajstić information content (AvgIpc) is 3.05. The summed E-state index contributed by atoms with van der Waals surface area (Å²) in [6, 6.07) is 3.61. The second-order valence-corrected chi connectivity index (χ2v) is 6.09. The third kappa shape index (κ3) is 1.95. The molecule has 3 rings (SSSR count). The fourth-order valence-corrected chi connectivity index (χ4v) is 3.70. The van der Waals surface area contributed by atoms with Gasteiger partial charge in [-0.3, -0.25) is 9.59 Å². The average molecular weight is 281 g/mol. The number of ether oxygens (including phenoxy) is 1. The number of carbonyl (C=O) groups excluding carboxylic acids is 1. The highest BCUT2D eigenvalue weighted by atomic mass is 32.1. The van der Waals surface area contributed by atoms with Crippen molar-refractivity contribution in [2.24, 2.45) is 11.3 Å². The van der Waals surface area contributed by atoms with Crippen LogP contribution in [0.5, 0.6) is 0 Å². The molecule has 0 bridgehead atoms. The summed E-state index contributed by atoms with van der Waals surface area (Å²) in [4.78, 5) is 26.3. The Hall–Kier alpha value is -1.40. The molecule has 2 aliphatic heterocycles. The van der Waals surface area contributed by atoms with E-state index in [2.05, 4.69) is 0 Å². The molecule has 2 aliphatic rings. The molecule has 19 heavy (non-hydrogen) atoms. The monoisotopic (exact) mass is 281 g/mol. The Morgan fingerprint density at radius 3 is 3.00 bits per heavy atom. The fraction of sp³-hybridized carbons (Fsp3) is 0.538. The summed E-state index contributed by atoms with van der Waals surface area (Å²) < 4.78 is 5.38. The van der Waals surface area contributed by atoms with Crippen molar-refractivity contribution >= 4 is 23.2 Å². The molecular formula is C13H15NO4S. The van der Waals surface area contributed by atoms with Gasteiger partial charge < -0.3 is 14.7 Å². The smallest absolute Gasteiger partial charge is 0.311 e. The minimum Gasteiger partial charge on any atom is -0.481 e. The summed E-state index contributed by atoms with van der Waals surface area (Å²) >= 11 is 1.39. The van der Waals surface area contributed by atoms with Crippen molar-refractivity contribution in [3.63, 3.8) is 0 Å². The van der Waals surface area contributed by atoms with Crippen LogP contribution in [0, 0.1) is 11.3 Å². The normalized spacial score (nSPS) is 30.1. The van der Waals surface area contributed by atoms with Gasteiger partial charge in [0.25, 0.3) is 5.91 Å². The van der Waals surface area contributed by atoms with Crippen LogP contribution >= 0.6 is 11.3 Å². The van der Waals surface area contributed by atoms with Crippen molar-refractivity contribution in [3.8, 4) is 0 Å². The number of amides is 1. The zero-order chi connectivity index (χ0) is 13.5. The van der Waals surface area contributed by atoms with E-state index in [0.29, 0.717) is 37.6 Å². The SMILES string of the molecule is O=C(c1cccs1)N1C[C@H]2COCC[C@@]2(C(=O)O)C1. The van der Waals surface area contributed by atoms with Crippen LogP contribution in [0.25, 0.3) is 0 Å². The number of thiophene rings is 1. The number of hydrogen-bond acceptors (Lipinski definition) is 4. The van der Waals surface area contributed by atoms with Crippen LogP contribution in [0.2, 0.25) is 0 Å². The Bertz CT molecular complexity index is 501. The van der Waals surface area contributed by atoms with Crippen LogP contribution in [-0.2, 0) is 9.53 Å². The minimum atomic E-state index is -0.814. The Kier molecular flexibility index (Phi) is 3.06. The third-order valence-electron chi connectivity index (χ3n) is 4.15. The maximum absolute atomic E-state index is 12.3. The summed E-state index contributed by atoms with van der Waals surface area (Å²) in [5.74, 6) is -0.963. The van der Waals surface area contributed by atoms with E-state index in [1.165, 1.54) is 11.3 Å². The Labute approximate surface area is 114 Å². The first-order chi connectivity index (χ1) is 9.13. The number of carbonyl (C=O) groups is 2. The maximum Gasteiger partial charge on any atom is 0.311 e. The maximum atomic E-state index is 12.3. The third-order valence-corrected chi connectivity index (χ3v) is 5.01. The van der Waals surface area contributed by atoms with Crippen molar-refractivity contribution in [1.82, 2.24) is 4.90 Å². The number of likely N-dealkylation sites (tertiary alicyclic amines) is 1. The van der Waals surface area contributed by atoms with Gasteiger partial charge in [0.05, 0.1) is 16.9 Å². The van der Waals surface area contributed by atoms with Crippen LogP contribution < -0.4 is 0 Å². The predicted molar refractivity (Wildman–Crippen MR) is 69.2 cm³/mol. The van der Waals surface area contributed by atoms with E-state index in [-0.39, 0.29) is 11.8 Å². The topological polar surface area (TPSA) is 66.8 Å².